The van der Waals surface area contributed by atoms with Gasteiger partial charge >= 0.3 is 0 Å². The summed E-state index contributed by atoms with van der Waals surface area (Å²) in [5.74, 6) is 0.0208. The Hall–Kier alpha value is -0.650. The second-order valence-electron chi connectivity index (χ2n) is 6.00. The molecule has 1 heterocycles. The second kappa shape index (κ2) is 7.96. The third-order valence-electron chi connectivity index (χ3n) is 4.39. The van der Waals surface area contributed by atoms with Gasteiger partial charge in [-0.15, -0.1) is 0 Å². The highest BCUT2D eigenvalue weighted by molar-refractivity contribution is 5.77. The number of methoxy groups -OCH3 is 1. The lowest BCUT2D eigenvalue weighted by atomic mass is 9.83. The molecule has 5 nitrogen and oxygen atoms in total. The molecule has 5 heteroatoms. The summed E-state index contributed by atoms with van der Waals surface area (Å²) in [7, 11) is 1.63. The van der Waals surface area contributed by atoms with Crippen molar-refractivity contribution in [3.63, 3.8) is 0 Å². The topological polar surface area (TPSA) is 59.6 Å². The number of rotatable bonds is 7. The van der Waals surface area contributed by atoms with Gasteiger partial charge in [0.1, 0.15) is 0 Å². The predicted molar refractivity (Wildman–Crippen MR) is 77.7 cm³/mol. The van der Waals surface area contributed by atoms with E-state index in [9.17, 15) is 4.79 Å². The summed E-state index contributed by atoms with van der Waals surface area (Å²) in [6.45, 7) is 2.26. The number of carbonyl (C=O) groups excluding carboxylic acids is 1. The molecule has 2 aliphatic rings. The SMILES string of the molecule is COCCNC(=O)CNCC1CCC2(CCCCC2)O1. The lowest BCUT2D eigenvalue weighted by molar-refractivity contribution is -0.120. The standard InChI is InChI=1S/C15H28N2O3/c1-19-10-9-17-14(18)12-16-11-13-5-8-15(20-13)6-3-2-4-7-15/h13,16H,2-12H2,1H3,(H,17,18). The van der Waals surface area contributed by atoms with E-state index < -0.39 is 0 Å². The molecule has 0 aromatic carbocycles. The van der Waals surface area contributed by atoms with Gasteiger partial charge in [0.25, 0.3) is 0 Å². The Morgan fingerprint density at radius 3 is 2.85 bits per heavy atom. The van der Waals surface area contributed by atoms with Crippen LogP contribution in [-0.2, 0) is 14.3 Å². The molecule has 1 saturated carbocycles. The van der Waals surface area contributed by atoms with E-state index in [0.29, 0.717) is 19.7 Å². The van der Waals surface area contributed by atoms with Crippen molar-refractivity contribution < 1.29 is 14.3 Å². The first-order valence-electron chi connectivity index (χ1n) is 7.88. The van der Waals surface area contributed by atoms with Crippen molar-refractivity contribution in [2.24, 2.45) is 0 Å². The smallest absolute Gasteiger partial charge is 0.234 e. The molecule has 2 rings (SSSR count). The van der Waals surface area contributed by atoms with Gasteiger partial charge in [0.05, 0.1) is 24.9 Å². The number of hydrogen-bond acceptors (Lipinski definition) is 4. The first-order valence-corrected chi connectivity index (χ1v) is 7.88. The van der Waals surface area contributed by atoms with Crippen molar-refractivity contribution in [3.8, 4) is 0 Å². The average Bonchev–Trinajstić information content (AvgIpc) is 2.83. The van der Waals surface area contributed by atoms with E-state index in [0.717, 1.165) is 13.0 Å². The molecule has 2 N–H and O–H groups in total. The number of nitrogens with one attached hydrogen (secondary N) is 2. The highest BCUT2D eigenvalue weighted by Crippen LogP contribution is 2.41. The Morgan fingerprint density at radius 1 is 1.30 bits per heavy atom. The van der Waals surface area contributed by atoms with Crippen LogP contribution >= 0.6 is 0 Å². The molecule has 1 atom stereocenters. The fraction of sp³-hybridized carbons (Fsp3) is 0.933. The summed E-state index contributed by atoms with van der Waals surface area (Å²) >= 11 is 0. The minimum absolute atomic E-state index is 0.0208. The van der Waals surface area contributed by atoms with E-state index >= 15 is 0 Å². The van der Waals surface area contributed by atoms with Gasteiger partial charge < -0.3 is 20.1 Å². The number of hydrogen-bond donors (Lipinski definition) is 2. The van der Waals surface area contributed by atoms with Crippen LogP contribution in [-0.4, -0.2) is 51.0 Å². The minimum atomic E-state index is 0.0208. The van der Waals surface area contributed by atoms with E-state index in [4.69, 9.17) is 9.47 Å². The molecular formula is C15H28N2O3. The van der Waals surface area contributed by atoms with Gasteiger partial charge in [-0.2, -0.15) is 0 Å². The highest BCUT2D eigenvalue weighted by Gasteiger charge is 2.40. The molecule has 1 amide bonds. The monoisotopic (exact) mass is 284 g/mol. The maximum Gasteiger partial charge on any atom is 0.234 e. The summed E-state index contributed by atoms with van der Waals surface area (Å²) < 4.78 is 11.1. The van der Waals surface area contributed by atoms with Gasteiger partial charge in [-0.1, -0.05) is 19.3 Å². The molecule has 20 heavy (non-hydrogen) atoms. The molecule has 2 fully saturated rings. The zero-order valence-electron chi connectivity index (χ0n) is 12.6. The summed E-state index contributed by atoms with van der Waals surface area (Å²) in [4.78, 5) is 11.5. The van der Waals surface area contributed by atoms with Gasteiger partial charge in [0.2, 0.25) is 5.91 Å². The van der Waals surface area contributed by atoms with E-state index in [-0.39, 0.29) is 17.6 Å². The van der Waals surface area contributed by atoms with Crippen molar-refractivity contribution in [1.82, 2.24) is 10.6 Å². The molecular weight excluding hydrogens is 256 g/mol. The van der Waals surface area contributed by atoms with Crippen molar-refractivity contribution in [1.29, 1.82) is 0 Å². The number of carbonyl (C=O) groups is 1. The molecule has 1 spiro atoms. The van der Waals surface area contributed by atoms with Crippen LogP contribution in [0, 0.1) is 0 Å². The third kappa shape index (κ3) is 4.72. The first kappa shape index (κ1) is 15.7. The molecule has 1 aliphatic carbocycles. The Labute approximate surface area is 121 Å². The maximum absolute atomic E-state index is 11.5. The van der Waals surface area contributed by atoms with Crippen molar-refractivity contribution >= 4 is 5.91 Å². The van der Waals surface area contributed by atoms with Gasteiger partial charge in [-0.3, -0.25) is 4.79 Å². The van der Waals surface area contributed by atoms with Gasteiger partial charge in [-0.05, 0) is 25.7 Å². The second-order valence-corrected chi connectivity index (χ2v) is 6.00. The van der Waals surface area contributed by atoms with E-state index in [1.54, 1.807) is 7.11 Å². The predicted octanol–water partition coefficient (Wildman–Crippen LogP) is 1.22. The first-order chi connectivity index (χ1) is 9.74. The molecule has 1 aliphatic heterocycles. The Bertz CT molecular complexity index is 303. The van der Waals surface area contributed by atoms with Crippen molar-refractivity contribution in [3.05, 3.63) is 0 Å². The van der Waals surface area contributed by atoms with E-state index in [1.165, 1.54) is 38.5 Å². The average molecular weight is 284 g/mol. The summed E-state index contributed by atoms with van der Waals surface area (Å²) in [6.07, 6.45) is 9.01. The fourth-order valence-electron chi connectivity index (χ4n) is 3.30. The van der Waals surface area contributed by atoms with Crippen LogP contribution in [0.2, 0.25) is 0 Å². The van der Waals surface area contributed by atoms with Crippen molar-refractivity contribution in [2.75, 3.05) is 33.4 Å². The fourth-order valence-corrected chi connectivity index (χ4v) is 3.30. The third-order valence-corrected chi connectivity index (χ3v) is 4.39. The summed E-state index contributed by atoms with van der Waals surface area (Å²) in [5.41, 5.74) is 0.172. The molecule has 0 bridgehead atoms. The molecule has 116 valence electrons. The molecule has 0 aromatic heterocycles. The normalized spacial score (nSPS) is 24.9. The van der Waals surface area contributed by atoms with Gasteiger partial charge in [0.15, 0.2) is 0 Å². The quantitative estimate of drug-likeness (QED) is 0.690. The Balaban J connectivity index is 1.57. The molecule has 0 aromatic rings. The van der Waals surface area contributed by atoms with E-state index in [2.05, 4.69) is 10.6 Å². The molecule has 0 radical (unpaired) electrons. The van der Waals surface area contributed by atoms with Crippen LogP contribution in [0.25, 0.3) is 0 Å². The number of ether oxygens (including phenoxy) is 2. The van der Waals surface area contributed by atoms with Crippen molar-refractivity contribution in [2.45, 2.75) is 56.7 Å². The summed E-state index contributed by atoms with van der Waals surface area (Å²) in [5, 5.41) is 6.00. The lowest BCUT2D eigenvalue weighted by Gasteiger charge is -2.33. The zero-order valence-corrected chi connectivity index (χ0v) is 12.6. The largest absolute Gasteiger partial charge is 0.383 e. The maximum atomic E-state index is 11.5. The Morgan fingerprint density at radius 2 is 2.10 bits per heavy atom. The number of amides is 1. The van der Waals surface area contributed by atoms with Crippen LogP contribution in [0.1, 0.15) is 44.9 Å². The van der Waals surface area contributed by atoms with Gasteiger partial charge in [0, 0.05) is 20.2 Å². The van der Waals surface area contributed by atoms with Crippen LogP contribution in [0.15, 0.2) is 0 Å². The van der Waals surface area contributed by atoms with Crippen LogP contribution in [0.4, 0.5) is 0 Å². The Kier molecular flexibility index (Phi) is 6.26. The van der Waals surface area contributed by atoms with Crippen LogP contribution in [0.5, 0.6) is 0 Å². The van der Waals surface area contributed by atoms with E-state index in [1.807, 2.05) is 0 Å². The van der Waals surface area contributed by atoms with Crippen LogP contribution in [0.3, 0.4) is 0 Å². The zero-order chi connectivity index (χ0) is 14.3. The van der Waals surface area contributed by atoms with Crippen LogP contribution < -0.4 is 10.6 Å². The minimum Gasteiger partial charge on any atom is -0.383 e. The molecule has 1 saturated heterocycles. The van der Waals surface area contributed by atoms with Gasteiger partial charge in [-0.25, -0.2) is 0 Å². The highest BCUT2D eigenvalue weighted by atomic mass is 16.5. The lowest BCUT2D eigenvalue weighted by Crippen LogP contribution is -2.39. The molecule has 1 unspecified atom stereocenters. The summed E-state index contributed by atoms with van der Waals surface area (Å²) in [6, 6.07) is 0.